The number of ether oxygens (including phenoxy) is 1. The average Bonchev–Trinajstić information content (AvgIpc) is 2.45. The minimum Gasteiger partial charge on any atom is -0.481 e. The second kappa shape index (κ2) is 7.56. The number of rotatable bonds is 6. The van der Waals surface area contributed by atoms with Gasteiger partial charge in [-0.15, -0.1) is 6.42 Å². The Hall–Kier alpha value is -1.99. The molecule has 1 amide bonds. The fourth-order valence-corrected chi connectivity index (χ4v) is 1.77. The number of terminal acetylenes is 1. The molecule has 0 radical (unpaired) electrons. The fourth-order valence-electron chi connectivity index (χ4n) is 1.77. The molecule has 108 valence electrons. The second-order valence-electron chi connectivity index (χ2n) is 4.72. The van der Waals surface area contributed by atoms with Gasteiger partial charge in [-0.3, -0.25) is 4.79 Å². The number of amides is 1. The molecule has 0 saturated carbocycles. The van der Waals surface area contributed by atoms with E-state index in [0.717, 1.165) is 5.56 Å². The van der Waals surface area contributed by atoms with Gasteiger partial charge in [0.05, 0.1) is 6.54 Å². The van der Waals surface area contributed by atoms with Crippen molar-refractivity contribution in [3.8, 4) is 18.1 Å². The molecule has 1 aromatic carbocycles. The zero-order valence-corrected chi connectivity index (χ0v) is 12.5. The molecule has 0 bridgehead atoms. The maximum absolute atomic E-state index is 11.7. The molecule has 0 saturated heterocycles. The van der Waals surface area contributed by atoms with Crippen molar-refractivity contribution >= 4 is 5.91 Å². The van der Waals surface area contributed by atoms with E-state index in [1.807, 2.05) is 26.1 Å². The first-order valence-electron chi connectivity index (χ1n) is 6.65. The third-order valence-electron chi connectivity index (χ3n) is 3.17. The van der Waals surface area contributed by atoms with Gasteiger partial charge in [-0.25, -0.2) is 0 Å². The maximum Gasteiger partial charge on any atom is 0.261 e. The predicted octanol–water partition coefficient (Wildman–Crippen LogP) is 1.79. The summed E-state index contributed by atoms with van der Waals surface area (Å²) in [5.41, 5.74) is 2.18. The van der Waals surface area contributed by atoms with Crippen LogP contribution < -0.4 is 15.4 Å². The smallest absolute Gasteiger partial charge is 0.261 e. The van der Waals surface area contributed by atoms with Crippen LogP contribution in [0, 0.1) is 19.3 Å². The molecule has 0 aliphatic carbocycles. The Bertz CT molecular complexity index is 506. The van der Waals surface area contributed by atoms with Gasteiger partial charge in [0.15, 0.2) is 6.10 Å². The highest BCUT2D eigenvalue weighted by Gasteiger charge is 2.15. The highest BCUT2D eigenvalue weighted by molar-refractivity contribution is 5.80. The number of hydrogen-bond acceptors (Lipinski definition) is 3. The Morgan fingerprint density at radius 3 is 2.70 bits per heavy atom. The van der Waals surface area contributed by atoms with Crippen molar-refractivity contribution in [2.45, 2.75) is 32.9 Å². The van der Waals surface area contributed by atoms with Crippen LogP contribution in [0.1, 0.15) is 31.0 Å². The zero-order chi connectivity index (χ0) is 15.1. The number of nitrogens with one attached hydrogen (secondary N) is 2. The summed E-state index contributed by atoms with van der Waals surface area (Å²) in [5.74, 6) is 2.86. The van der Waals surface area contributed by atoms with E-state index in [0.29, 0.717) is 5.75 Å². The van der Waals surface area contributed by atoms with Crippen LogP contribution in [-0.2, 0) is 4.79 Å². The van der Waals surface area contributed by atoms with Crippen molar-refractivity contribution in [1.82, 2.24) is 10.6 Å². The van der Waals surface area contributed by atoms with Gasteiger partial charge >= 0.3 is 0 Å². The van der Waals surface area contributed by atoms with E-state index in [4.69, 9.17) is 11.2 Å². The van der Waals surface area contributed by atoms with E-state index in [1.54, 1.807) is 6.92 Å². The molecular formula is C16H22N2O2. The Balaban J connectivity index is 2.73. The lowest BCUT2D eigenvalue weighted by Gasteiger charge is -2.17. The summed E-state index contributed by atoms with van der Waals surface area (Å²) in [5, 5.41) is 5.79. The van der Waals surface area contributed by atoms with E-state index < -0.39 is 6.10 Å². The monoisotopic (exact) mass is 274 g/mol. The van der Waals surface area contributed by atoms with Gasteiger partial charge in [-0.2, -0.15) is 0 Å². The van der Waals surface area contributed by atoms with Gasteiger partial charge in [0.1, 0.15) is 5.75 Å². The van der Waals surface area contributed by atoms with Crippen molar-refractivity contribution in [3.05, 3.63) is 29.3 Å². The Morgan fingerprint density at radius 1 is 1.45 bits per heavy atom. The largest absolute Gasteiger partial charge is 0.481 e. The van der Waals surface area contributed by atoms with Gasteiger partial charge in [0.2, 0.25) is 0 Å². The molecule has 0 fully saturated rings. The Kier molecular flexibility index (Phi) is 6.08. The first-order chi connectivity index (χ1) is 9.49. The van der Waals surface area contributed by atoms with Gasteiger partial charge in [-0.05, 0) is 45.0 Å². The molecule has 0 aromatic heterocycles. The van der Waals surface area contributed by atoms with E-state index in [2.05, 4.69) is 29.5 Å². The van der Waals surface area contributed by atoms with Crippen LogP contribution >= 0.6 is 0 Å². The summed E-state index contributed by atoms with van der Waals surface area (Å²) >= 11 is 0. The van der Waals surface area contributed by atoms with Gasteiger partial charge in [0.25, 0.3) is 5.91 Å². The summed E-state index contributed by atoms with van der Waals surface area (Å²) in [6, 6.07) is 6.22. The molecule has 2 N–H and O–H groups in total. The quantitative estimate of drug-likeness (QED) is 0.778. The lowest BCUT2D eigenvalue weighted by atomic mass is 10.1. The molecule has 2 atom stereocenters. The van der Waals surface area contributed by atoms with Crippen molar-refractivity contribution in [2.75, 3.05) is 13.6 Å². The molecule has 4 nitrogen and oxygen atoms in total. The summed E-state index contributed by atoms with van der Waals surface area (Å²) in [6.07, 6.45) is 4.53. The molecule has 1 aromatic rings. The van der Waals surface area contributed by atoms with Crippen molar-refractivity contribution < 1.29 is 9.53 Å². The average molecular weight is 274 g/mol. The summed E-state index contributed by atoms with van der Waals surface area (Å²) < 4.78 is 5.67. The molecule has 0 heterocycles. The first-order valence-corrected chi connectivity index (χ1v) is 6.65. The van der Waals surface area contributed by atoms with Crippen molar-refractivity contribution in [2.24, 2.45) is 0 Å². The predicted molar refractivity (Wildman–Crippen MR) is 80.6 cm³/mol. The molecule has 1 rings (SSSR count). The fraction of sp³-hybridized carbons (Fsp3) is 0.438. The number of benzene rings is 1. The van der Waals surface area contributed by atoms with Crippen LogP contribution in [-0.4, -0.2) is 25.6 Å². The lowest BCUT2D eigenvalue weighted by molar-refractivity contribution is -0.127. The second-order valence-corrected chi connectivity index (χ2v) is 4.72. The molecule has 0 aliphatic rings. The van der Waals surface area contributed by atoms with E-state index in [9.17, 15) is 4.79 Å². The molecule has 0 aliphatic heterocycles. The van der Waals surface area contributed by atoms with Gasteiger partial charge in [-0.1, -0.05) is 18.1 Å². The maximum atomic E-state index is 11.7. The van der Waals surface area contributed by atoms with Crippen LogP contribution in [0.5, 0.6) is 5.75 Å². The third-order valence-corrected chi connectivity index (χ3v) is 3.17. The topological polar surface area (TPSA) is 50.4 Å². The highest BCUT2D eigenvalue weighted by Crippen LogP contribution is 2.23. The first kappa shape index (κ1) is 16.1. The minimum absolute atomic E-state index is 0.212. The summed E-state index contributed by atoms with van der Waals surface area (Å²) in [4.78, 5) is 11.7. The van der Waals surface area contributed by atoms with Crippen molar-refractivity contribution in [3.63, 3.8) is 0 Å². The van der Waals surface area contributed by atoms with E-state index >= 15 is 0 Å². The highest BCUT2D eigenvalue weighted by atomic mass is 16.5. The summed E-state index contributed by atoms with van der Waals surface area (Å²) in [7, 11) is 1.92. The number of carbonyl (C=O) groups is 1. The lowest BCUT2D eigenvalue weighted by Crippen LogP contribution is -2.36. The molecule has 20 heavy (non-hydrogen) atoms. The van der Waals surface area contributed by atoms with Gasteiger partial charge < -0.3 is 15.4 Å². The number of carbonyl (C=O) groups excluding carboxylic acids is 1. The normalized spacial score (nSPS) is 13.2. The Morgan fingerprint density at radius 2 is 2.15 bits per heavy atom. The van der Waals surface area contributed by atoms with Crippen LogP contribution in [0.2, 0.25) is 0 Å². The number of aryl methyl sites for hydroxylation is 1. The van der Waals surface area contributed by atoms with Crippen molar-refractivity contribution in [1.29, 1.82) is 0 Å². The molecular weight excluding hydrogens is 252 g/mol. The summed E-state index contributed by atoms with van der Waals surface area (Å²) in [6.45, 7) is 5.97. The molecule has 0 spiro atoms. The van der Waals surface area contributed by atoms with E-state index in [-0.39, 0.29) is 18.5 Å². The number of hydrogen-bond donors (Lipinski definition) is 2. The molecule has 2 unspecified atom stereocenters. The van der Waals surface area contributed by atoms with Crippen LogP contribution in [0.4, 0.5) is 0 Å². The van der Waals surface area contributed by atoms with Gasteiger partial charge in [0, 0.05) is 6.04 Å². The van der Waals surface area contributed by atoms with E-state index in [1.165, 1.54) is 5.56 Å². The van der Waals surface area contributed by atoms with Crippen LogP contribution in [0.25, 0.3) is 0 Å². The SMILES string of the molecule is C#CCNC(=O)C(C)Oc1ccc(C(C)NC)cc1C. The minimum atomic E-state index is -0.574. The van der Waals surface area contributed by atoms with Crippen LogP contribution in [0.3, 0.4) is 0 Å². The third kappa shape index (κ3) is 4.29. The van der Waals surface area contributed by atoms with Crippen LogP contribution in [0.15, 0.2) is 18.2 Å². The Labute approximate surface area is 120 Å². The zero-order valence-electron chi connectivity index (χ0n) is 12.5. The molecule has 4 heteroatoms. The standard InChI is InChI=1S/C16H22N2O2/c1-6-9-18-16(19)13(4)20-15-8-7-14(10-11(15)2)12(3)17-5/h1,7-8,10,12-13,17H,9H2,2-5H3,(H,18,19).